The van der Waals surface area contributed by atoms with Gasteiger partial charge in [0.1, 0.15) is 0 Å². The van der Waals surface area contributed by atoms with Crippen molar-refractivity contribution in [1.82, 2.24) is 0 Å². The Hall–Kier alpha value is -0.300. The summed E-state index contributed by atoms with van der Waals surface area (Å²) in [5, 5.41) is 0. The third-order valence-electron chi connectivity index (χ3n) is 3.75. The van der Waals surface area contributed by atoms with Crippen molar-refractivity contribution in [3.8, 4) is 0 Å². The highest BCUT2D eigenvalue weighted by Crippen LogP contribution is 2.64. The van der Waals surface area contributed by atoms with E-state index in [1.807, 2.05) is 0 Å². The number of allylic oxidation sites excluding steroid dienone is 1. The van der Waals surface area contributed by atoms with Gasteiger partial charge in [-0.1, -0.05) is 24.9 Å². The molecule has 0 aliphatic heterocycles. The summed E-state index contributed by atoms with van der Waals surface area (Å²) >= 11 is 5.40. The molecule has 0 saturated heterocycles. The summed E-state index contributed by atoms with van der Waals surface area (Å²) in [6.07, 6.45) is 7.70. The fourth-order valence-electron chi connectivity index (χ4n) is 3.07. The summed E-state index contributed by atoms with van der Waals surface area (Å²) in [4.78, 5) is 11.6. The molecular weight excluding hydrogens is 184 g/mol. The maximum absolute atomic E-state index is 11.6. The smallest absolute Gasteiger partial charge is 0.162 e. The van der Waals surface area contributed by atoms with E-state index in [1.54, 1.807) is 0 Å². The first-order valence-corrected chi connectivity index (χ1v) is 5.35. The summed E-state index contributed by atoms with van der Waals surface area (Å²) in [7, 11) is 0. The van der Waals surface area contributed by atoms with Crippen molar-refractivity contribution < 1.29 is 4.79 Å². The third-order valence-corrected chi connectivity index (χ3v) is 3.88. The van der Waals surface area contributed by atoms with Gasteiger partial charge < -0.3 is 0 Å². The van der Waals surface area contributed by atoms with Gasteiger partial charge in [-0.05, 0) is 37.2 Å². The molecule has 0 heterocycles. The van der Waals surface area contributed by atoms with Crippen LogP contribution in [0.25, 0.3) is 0 Å². The summed E-state index contributed by atoms with van der Waals surface area (Å²) in [5.74, 6) is 0.208. The Labute approximate surface area is 84.2 Å². The second-order valence-electron chi connectivity index (χ2n) is 4.92. The molecule has 0 aromatic rings. The summed E-state index contributed by atoms with van der Waals surface area (Å²) < 4.78 is 0. The molecule has 0 amide bonds. The molecule has 2 aliphatic carbocycles. The second-order valence-corrected chi connectivity index (χ2v) is 5.18. The van der Waals surface area contributed by atoms with Crippen LogP contribution < -0.4 is 0 Å². The van der Waals surface area contributed by atoms with E-state index in [0.29, 0.717) is 5.41 Å². The molecule has 1 nitrogen and oxygen atoms in total. The van der Waals surface area contributed by atoms with Crippen LogP contribution in [0, 0.1) is 10.8 Å². The maximum atomic E-state index is 11.6. The Morgan fingerprint density at radius 1 is 1.38 bits per heavy atom. The molecule has 0 N–H and O–H groups in total. The van der Waals surface area contributed by atoms with Crippen molar-refractivity contribution in [3.05, 3.63) is 11.6 Å². The molecule has 2 rings (SSSR count). The molecule has 72 valence electrons. The number of ketones is 1. The molecular formula is C11H15ClO. The van der Waals surface area contributed by atoms with E-state index in [1.165, 1.54) is 30.9 Å². The number of carbonyl (C=O) groups is 1. The van der Waals surface area contributed by atoms with Gasteiger partial charge in [0.25, 0.3) is 0 Å². The quantitative estimate of drug-likeness (QED) is 0.623. The van der Waals surface area contributed by atoms with Gasteiger partial charge in [0.15, 0.2) is 5.78 Å². The van der Waals surface area contributed by atoms with E-state index in [9.17, 15) is 4.79 Å². The molecule has 0 radical (unpaired) electrons. The SMILES string of the molecule is CC1(C(=O)/C=C/Cl)CC2(CCC2)C1. The van der Waals surface area contributed by atoms with Gasteiger partial charge in [0.05, 0.1) is 0 Å². The number of halogens is 1. The molecule has 2 heteroatoms. The summed E-state index contributed by atoms with van der Waals surface area (Å²) in [6, 6.07) is 0. The van der Waals surface area contributed by atoms with Gasteiger partial charge in [-0.3, -0.25) is 4.79 Å². The largest absolute Gasteiger partial charge is 0.294 e. The van der Waals surface area contributed by atoms with Crippen molar-refractivity contribution in [2.45, 2.75) is 39.0 Å². The molecule has 0 aromatic carbocycles. The lowest BCUT2D eigenvalue weighted by atomic mass is 9.45. The summed E-state index contributed by atoms with van der Waals surface area (Å²) in [5.41, 5.74) is 1.80. The van der Waals surface area contributed by atoms with Gasteiger partial charge in [-0.2, -0.15) is 0 Å². The average molecular weight is 199 g/mol. The van der Waals surface area contributed by atoms with Crippen LogP contribution in [0.2, 0.25) is 0 Å². The zero-order valence-electron chi connectivity index (χ0n) is 7.98. The van der Waals surface area contributed by atoms with Crippen LogP contribution >= 0.6 is 11.6 Å². The Balaban J connectivity index is 1.98. The number of rotatable bonds is 2. The Kier molecular flexibility index (Phi) is 2.03. The minimum atomic E-state index is -0.0915. The fraction of sp³-hybridized carbons (Fsp3) is 0.727. The van der Waals surface area contributed by atoms with E-state index in [-0.39, 0.29) is 11.2 Å². The highest BCUT2D eigenvalue weighted by atomic mass is 35.5. The topological polar surface area (TPSA) is 17.1 Å². The average Bonchev–Trinajstić information content (AvgIpc) is 1.95. The van der Waals surface area contributed by atoms with Crippen molar-refractivity contribution in [2.24, 2.45) is 10.8 Å². The van der Waals surface area contributed by atoms with Crippen LogP contribution in [0.3, 0.4) is 0 Å². The lowest BCUT2D eigenvalue weighted by Gasteiger charge is -2.59. The van der Waals surface area contributed by atoms with Crippen LogP contribution in [-0.2, 0) is 4.79 Å². The Bertz CT molecular complexity index is 255. The zero-order chi connectivity index (χ0) is 9.53. The van der Waals surface area contributed by atoms with Crippen LogP contribution in [0.1, 0.15) is 39.0 Å². The molecule has 2 aliphatic rings. The summed E-state index contributed by atoms with van der Waals surface area (Å²) in [6.45, 7) is 2.07. The number of hydrogen-bond donors (Lipinski definition) is 0. The molecule has 0 aromatic heterocycles. The van der Waals surface area contributed by atoms with Gasteiger partial charge in [0, 0.05) is 11.0 Å². The van der Waals surface area contributed by atoms with Crippen LogP contribution in [0.4, 0.5) is 0 Å². The molecule has 2 saturated carbocycles. The van der Waals surface area contributed by atoms with E-state index in [0.717, 1.165) is 12.8 Å². The van der Waals surface area contributed by atoms with Crippen molar-refractivity contribution in [1.29, 1.82) is 0 Å². The molecule has 1 spiro atoms. The van der Waals surface area contributed by atoms with E-state index >= 15 is 0 Å². The van der Waals surface area contributed by atoms with Gasteiger partial charge in [-0.25, -0.2) is 0 Å². The highest BCUT2D eigenvalue weighted by Gasteiger charge is 2.56. The zero-order valence-corrected chi connectivity index (χ0v) is 8.73. The van der Waals surface area contributed by atoms with Crippen LogP contribution in [0.5, 0.6) is 0 Å². The lowest BCUT2D eigenvalue weighted by Crippen LogP contribution is -2.52. The number of hydrogen-bond acceptors (Lipinski definition) is 1. The predicted octanol–water partition coefficient (Wildman–Crippen LogP) is 3.28. The first-order chi connectivity index (χ1) is 6.10. The maximum Gasteiger partial charge on any atom is 0.162 e. The van der Waals surface area contributed by atoms with Gasteiger partial charge in [-0.15, -0.1) is 0 Å². The van der Waals surface area contributed by atoms with Crippen molar-refractivity contribution >= 4 is 17.4 Å². The molecule has 2 fully saturated rings. The molecule has 0 bridgehead atoms. The first kappa shape index (κ1) is 9.26. The minimum Gasteiger partial charge on any atom is -0.294 e. The lowest BCUT2D eigenvalue weighted by molar-refractivity contribution is -0.145. The normalized spacial score (nSPS) is 28.5. The van der Waals surface area contributed by atoms with Crippen molar-refractivity contribution in [3.63, 3.8) is 0 Å². The van der Waals surface area contributed by atoms with Crippen LogP contribution in [0.15, 0.2) is 11.6 Å². The van der Waals surface area contributed by atoms with E-state index in [2.05, 4.69) is 6.92 Å². The second kappa shape index (κ2) is 2.84. The third kappa shape index (κ3) is 1.34. The highest BCUT2D eigenvalue weighted by molar-refractivity contribution is 6.27. The van der Waals surface area contributed by atoms with Crippen molar-refractivity contribution in [2.75, 3.05) is 0 Å². The monoisotopic (exact) mass is 198 g/mol. The Morgan fingerprint density at radius 2 is 2.00 bits per heavy atom. The van der Waals surface area contributed by atoms with Crippen LogP contribution in [-0.4, -0.2) is 5.78 Å². The fourth-order valence-corrected chi connectivity index (χ4v) is 3.18. The Morgan fingerprint density at radius 3 is 2.38 bits per heavy atom. The first-order valence-electron chi connectivity index (χ1n) is 4.92. The van der Waals surface area contributed by atoms with Gasteiger partial charge in [0.2, 0.25) is 0 Å². The molecule has 0 atom stereocenters. The predicted molar refractivity (Wildman–Crippen MR) is 53.6 cm³/mol. The van der Waals surface area contributed by atoms with E-state index in [4.69, 9.17) is 11.6 Å². The standard InChI is InChI=1S/C11H15ClO/c1-10(9(13)3-6-12)7-11(8-10)4-2-5-11/h3,6H,2,4-5,7-8H2,1H3/b6-3+. The van der Waals surface area contributed by atoms with Gasteiger partial charge >= 0.3 is 0 Å². The molecule has 13 heavy (non-hydrogen) atoms. The molecule has 0 unspecified atom stereocenters. The minimum absolute atomic E-state index is 0.0915. The number of carbonyl (C=O) groups excluding carboxylic acids is 1. The van der Waals surface area contributed by atoms with E-state index < -0.39 is 0 Å².